The van der Waals surface area contributed by atoms with Crippen LogP contribution in [0.2, 0.25) is 5.02 Å². The van der Waals surface area contributed by atoms with E-state index in [1.165, 1.54) is 17.0 Å². The van der Waals surface area contributed by atoms with E-state index in [1.54, 1.807) is 56.3 Å². The van der Waals surface area contributed by atoms with Gasteiger partial charge >= 0.3 is 0 Å². The molecule has 9 heteroatoms. The van der Waals surface area contributed by atoms with Gasteiger partial charge in [-0.15, -0.1) is 0 Å². The molecule has 0 saturated carbocycles. The number of hydrogen-bond donors (Lipinski definition) is 1. The monoisotopic (exact) mass is 569 g/mol. The standard InChI is InChI=1S/C30H36ClN3O4S/c1-6-17-32-30(36)24(5)33(19-25-9-7-8-10-27(25)31)29(35)20-34(28-18-22(3)11-14-23(28)4)39(37,38)26-15-12-21(2)13-16-26/h7-16,18,24H,6,17,19-20H2,1-5H3,(H,32,36). The maximum atomic E-state index is 14.0. The summed E-state index contributed by atoms with van der Waals surface area (Å²) in [6, 6.07) is 18.2. The molecule has 3 aromatic carbocycles. The van der Waals surface area contributed by atoms with E-state index >= 15 is 0 Å². The molecule has 0 saturated heterocycles. The number of amides is 2. The lowest BCUT2D eigenvalue weighted by atomic mass is 10.1. The number of carbonyl (C=O) groups is 2. The van der Waals surface area contributed by atoms with Gasteiger partial charge in [0.2, 0.25) is 11.8 Å². The molecule has 1 N–H and O–H groups in total. The number of hydrogen-bond acceptors (Lipinski definition) is 4. The molecule has 7 nitrogen and oxygen atoms in total. The Balaban J connectivity index is 2.07. The Morgan fingerprint density at radius 3 is 2.23 bits per heavy atom. The number of carbonyl (C=O) groups excluding carboxylic acids is 2. The van der Waals surface area contributed by atoms with Gasteiger partial charge in [-0.3, -0.25) is 13.9 Å². The third-order valence-electron chi connectivity index (χ3n) is 6.54. The van der Waals surface area contributed by atoms with Crippen LogP contribution in [0.3, 0.4) is 0 Å². The summed E-state index contributed by atoms with van der Waals surface area (Å²) >= 11 is 6.40. The molecule has 0 aliphatic heterocycles. The van der Waals surface area contributed by atoms with Crippen LogP contribution < -0.4 is 9.62 Å². The lowest BCUT2D eigenvalue weighted by Crippen LogP contribution is -2.51. The van der Waals surface area contributed by atoms with Gasteiger partial charge < -0.3 is 10.2 Å². The van der Waals surface area contributed by atoms with E-state index in [-0.39, 0.29) is 17.3 Å². The summed E-state index contributed by atoms with van der Waals surface area (Å²) in [4.78, 5) is 28.4. The number of aryl methyl sites for hydroxylation is 3. The Labute approximate surface area is 236 Å². The lowest BCUT2D eigenvalue weighted by Gasteiger charge is -2.32. The summed E-state index contributed by atoms with van der Waals surface area (Å²) in [5.74, 6) is -0.845. The van der Waals surface area contributed by atoms with Crippen molar-refractivity contribution in [2.75, 3.05) is 17.4 Å². The Morgan fingerprint density at radius 2 is 1.59 bits per heavy atom. The predicted octanol–water partition coefficient (Wildman–Crippen LogP) is 5.40. The number of sulfonamides is 1. The van der Waals surface area contributed by atoms with Crippen molar-refractivity contribution in [3.63, 3.8) is 0 Å². The van der Waals surface area contributed by atoms with Gasteiger partial charge in [0.05, 0.1) is 10.6 Å². The number of benzene rings is 3. The fourth-order valence-electron chi connectivity index (χ4n) is 4.13. The smallest absolute Gasteiger partial charge is 0.264 e. The molecule has 39 heavy (non-hydrogen) atoms. The van der Waals surface area contributed by atoms with Gasteiger partial charge in [-0.1, -0.05) is 66.6 Å². The minimum atomic E-state index is -4.12. The fourth-order valence-corrected chi connectivity index (χ4v) is 5.79. The minimum absolute atomic E-state index is 0.0461. The van der Waals surface area contributed by atoms with Crippen molar-refractivity contribution >= 4 is 39.1 Å². The SMILES string of the molecule is CCCNC(=O)C(C)N(Cc1ccccc1Cl)C(=O)CN(c1cc(C)ccc1C)S(=O)(=O)c1ccc(C)cc1. The second-order valence-corrected chi connectivity index (χ2v) is 12.0. The number of nitrogens with zero attached hydrogens (tertiary/aromatic N) is 2. The van der Waals surface area contributed by atoms with Gasteiger partial charge in [0, 0.05) is 18.1 Å². The average Bonchev–Trinajstić information content (AvgIpc) is 2.91. The van der Waals surface area contributed by atoms with E-state index in [0.717, 1.165) is 21.9 Å². The van der Waals surface area contributed by atoms with Crippen LogP contribution >= 0.6 is 11.6 Å². The summed E-state index contributed by atoms with van der Waals surface area (Å²) in [7, 11) is -4.12. The topological polar surface area (TPSA) is 86.8 Å². The molecule has 2 amide bonds. The zero-order chi connectivity index (χ0) is 28.7. The zero-order valence-corrected chi connectivity index (χ0v) is 24.6. The van der Waals surface area contributed by atoms with Gasteiger partial charge in [0.25, 0.3) is 10.0 Å². The number of halogens is 1. The Morgan fingerprint density at radius 1 is 0.949 bits per heavy atom. The molecule has 3 rings (SSSR count). The van der Waals surface area contributed by atoms with E-state index in [0.29, 0.717) is 28.4 Å². The van der Waals surface area contributed by atoms with Crippen molar-refractivity contribution < 1.29 is 18.0 Å². The summed E-state index contributed by atoms with van der Waals surface area (Å²) in [6.07, 6.45) is 0.742. The van der Waals surface area contributed by atoms with Crippen molar-refractivity contribution in [3.05, 3.63) is 94.0 Å². The van der Waals surface area contributed by atoms with Crippen molar-refractivity contribution in [2.45, 2.75) is 58.5 Å². The molecule has 0 spiro atoms. The third-order valence-corrected chi connectivity index (χ3v) is 8.68. The second-order valence-electron chi connectivity index (χ2n) is 9.69. The highest BCUT2D eigenvalue weighted by Gasteiger charge is 2.33. The van der Waals surface area contributed by atoms with Crippen LogP contribution in [0.25, 0.3) is 0 Å². The quantitative estimate of drug-likeness (QED) is 0.335. The summed E-state index contributed by atoms with van der Waals surface area (Å²) in [6.45, 7) is 9.14. The van der Waals surface area contributed by atoms with Crippen molar-refractivity contribution in [1.29, 1.82) is 0 Å². The minimum Gasteiger partial charge on any atom is -0.354 e. The van der Waals surface area contributed by atoms with E-state index in [1.807, 2.05) is 32.9 Å². The van der Waals surface area contributed by atoms with Gasteiger partial charge in [-0.25, -0.2) is 8.42 Å². The molecule has 0 heterocycles. The summed E-state index contributed by atoms with van der Waals surface area (Å²) in [5.41, 5.74) is 3.54. The molecule has 0 aliphatic rings. The molecule has 1 unspecified atom stereocenters. The predicted molar refractivity (Wildman–Crippen MR) is 156 cm³/mol. The Bertz CT molecular complexity index is 1420. The molecule has 208 valence electrons. The van der Waals surface area contributed by atoms with E-state index in [2.05, 4.69) is 5.32 Å². The molecule has 0 aliphatic carbocycles. The van der Waals surface area contributed by atoms with E-state index < -0.39 is 28.5 Å². The molecular formula is C30H36ClN3O4S. The normalized spacial score (nSPS) is 12.1. The average molecular weight is 570 g/mol. The van der Waals surface area contributed by atoms with Crippen molar-refractivity contribution in [1.82, 2.24) is 10.2 Å². The Hall–Kier alpha value is -3.36. The van der Waals surface area contributed by atoms with Crippen LogP contribution in [0, 0.1) is 20.8 Å². The summed E-state index contributed by atoms with van der Waals surface area (Å²) in [5, 5.41) is 3.29. The number of nitrogens with one attached hydrogen (secondary N) is 1. The first-order chi connectivity index (χ1) is 18.4. The van der Waals surface area contributed by atoms with Gasteiger partial charge in [0.15, 0.2) is 0 Å². The molecule has 3 aromatic rings. The lowest BCUT2D eigenvalue weighted by molar-refractivity contribution is -0.139. The van der Waals surface area contributed by atoms with Crippen LogP contribution in [0.15, 0.2) is 71.6 Å². The molecule has 0 radical (unpaired) electrons. The fraction of sp³-hybridized carbons (Fsp3) is 0.333. The van der Waals surface area contributed by atoms with Gasteiger partial charge in [-0.05, 0) is 75.1 Å². The molecule has 0 aromatic heterocycles. The molecular weight excluding hydrogens is 534 g/mol. The number of rotatable bonds is 11. The van der Waals surface area contributed by atoms with Crippen molar-refractivity contribution in [2.24, 2.45) is 0 Å². The van der Waals surface area contributed by atoms with Crippen LogP contribution in [-0.4, -0.2) is 44.3 Å². The molecule has 0 bridgehead atoms. The first-order valence-corrected chi connectivity index (χ1v) is 14.7. The largest absolute Gasteiger partial charge is 0.354 e. The molecule has 0 fully saturated rings. The summed E-state index contributed by atoms with van der Waals surface area (Å²) < 4.78 is 29.1. The highest BCUT2D eigenvalue weighted by Crippen LogP contribution is 2.29. The highest BCUT2D eigenvalue weighted by molar-refractivity contribution is 7.92. The van der Waals surface area contributed by atoms with Crippen LogP contribution in [0.5, 0.6) is 0 Å². The number of anilines is 1. The van der Waals surface area contributed by atoms with E-state index in [9.17, 15) is 18.0 Å². The van der Waals surface area contributed by atoms with Crippen molar-refractivity contribution in [3.8, 4) is 0 Å². The van der Waals surface area contributed by atoms with Crippen LogP contribution in [-0.2, 0) is 26.2 Å². The highest BCUT2D eigenvalue weighted by atomic mass is 35.5. The Kier molecular flexibility index (Phi) is 10.2. The third kappa shape index (κ3) is 7.40. The maximum Gasteiger partial charge on any atom is 0.264 e. The van der Waals surface area contributed by atoms with Crippen LogP contribution in [0.4, 0.5) is 5.69 Å². The zero-order valence-electron chi connectivity index (χ0n) is 23.1. The first kappa shape index (κ1) is 30.2. The first-order valence-electron chi connectivity index (χ1n) is 12.9. The van der Waals surface area contributed by atoms with Gasteiger partial charge in [-0.2, -0.15) is 0 Å². The maximum absolute atomic E-state index is 14.0. The van der Waals surface area contributed by atoms with Crippen LogP contribution in [0.1, 0.15) is 42.5 Å². The van der Waals surface area contributed by atoms with Gasteiger partial charge in [0.1, 0.15) is 12.6 Å². The second kappa shape index (κ2) is 13.1. The van der Waals surface area contributed by atoms with E-state index in [4.69, 9.17) is 11.6 Å². The molecule has 1 atom stereocenters.